The normalized spacial score (nSPS) is 16.5. The van der Waals surface area contributed by atoms with E-state index in [0.717, 1.165) is 0 Å². The minimum Gasteiger partial charge on any atom is -1.00 e. The van der Waals surface area contributed by atoms with E-state index in [0.29, 0.717) is 6.04 Å². The molecular formula is C28H51BrN2. The van der Waals surface area contributed by atoms with Crippen molar-refractivity contribution in [1.29, 1.82) is 0 Å². The molecule has 0 saturated carbocycles. The maximum absolute atomic E-state index is 2.51. The molecule has 3 heteroatoms. The Morgan fingerprint density at radius 1 is 0.806 bits per heavy atom. The molecule has 2 nitrogen and oxygen atoms in total. The van der Waals surface area contributed by atoms with Gasteiger partial charge < -0.3 is 17.0 Å². The second kappa shape index (κ2) is 19.1. The summed E-state index contributed by atoms with van der Waals surface area (Å²) in [7, 11) is 2.27. The summed E-state index contributed by atoms with van der Waals surface area (Å²) in [5, 5.41) is 0. The first-order valence-electron chi connectivity index (χ1n) is 13.5. The first-order valence-corrected chi connectivity index (χ1v) is 13.5. The summed E-state index contributed by atoms with van der Waals surface area (Å²) in [5.74, 6) is 0. The van der Waals surface area contributed by atoms with Crippen LogP contribution in [0.4, 0.5) is 0 Å². The van der Waals surface area contributed by atoms with E-state index in [9.17, 15) is 0 Å². The number of hydrogen-bond donors (Lipinski definition) is 0. The molecule has 1 atom stereocenters. The lowest BCUT2D eigenvalue weighted by atomic mass is 10.0. The average Bonchev–Trinajstić information content (AvgIpc) is 3.19. The van der Waals surface area contributed by atoms with Gasteiger partial charge in [-0.1, -0.05) is 96.8 Å². The zero-order valence-electron chi connectivity index (χ0n) is 20.8. The van der Waals surface area contributed by atoms with E-state index in [4.69, 9.17) is 0 Å². The summed E-state index contributed by atoms with van der Waals surface area (Å²) < 4.78 is 2.42. The molecule has 0 unspecified atom stereocenters. The van der Waals surface area contributed by atoms with Gasteiger partial charge in [-0.05, 0) is 38.9 Å². The molecule has 0 N–H and O–H groups in total. The number of aryl methyl sites for hydroxylation is 1. The number of rotatable bonds is 18. The number of aromatic nitrogens is 1. The molecule has 1 aromatic heterocycles. The highest BCUT2D eigenvalue weighted by atomic mass is 79.9. The van der Waals surface area contributed by atoms with Crippen LogP contribution in [0.3, 0.4) is 0 Å². The van der Waals surface area contributed by atoms with Gasteiger partial charge in [-0.2, -0.15) is 0 Å². The Hall–Kier alpha value is -0.410. The third-order valence-corrected chi connectivity index (χ3v) is 7.06. The SMILES string of the molecule is CCCCCCCCCCCCCCCCCC[n+]1cccc([C@@H]2CCCN2C)c1.[Br-]. The summed E-state index contributed by atoms with van der Waals surface area (Å²) in [6.45, 7) is 4.73. The number of likely N-dealkylation sites (tertiary alicyclic amines) is 1. The average molecular weight is 496 g/mol. The Labute approximate surface area is 205 Å². The van der Waals surface area contributed by atoms with Crippen molar-refractivity contribution in [2.45, 2.75) is 135 Å². The standard InChI is InChI=1S/C28H51N2.BrH/c1-3-4-5-6-7-8-9-10-11-12-13-14-15-16-17-18-24-30-25-19-21-27(26-30)28-22-20-23-29(28)2;/h19,21,25-26,28H,3-18,20,22-24H2,1-2H3;1H/q+1;/p-1/t28-;/m0./s1. The van der Waals surface area contributed by atoms with Crippen molar-refractivity contribution in [2.24, 2.45) is 0 Å². The van der Waals surface area contributed by atoms with Gasteiger partial charge in [0.1, 0.15) is 6.54 Å². The number of nitrogens with zero attached hydrogens (tertiary/aromatic N) is 2. The van der Waals surface area contributed by atoms with Gasteiger partial charge >= 0.3 is 0 Å². The lowest BCUT2D eigenvalue weighted by Crippen LogP contribution is -3.00. The Kier molecular flexibility index (Phi) is 17.6. The van der Waals surface area contributed by atoms with E-state index in [1.54, 1.807) is 0 Å². The third kappa shape index (κ3) is 13.0. The number of pyridine rings is 1. The summed E-state index contributed by atoms with van der Waals surface area (Å²) >= 11 is 0. The predicted molar refractivity (Wildman–Crippen MR) is 131 cm³/mol. The van der Waals surface area contributed by atoms with Crippen molar-refractivity contribution in [3.8, 4) is 0 Å². The van der Waals surface area contributed by atoms with Crippen LogP contribution in [-0.2, 0) is 6.54 Å². The molecule has 0 aliphatic carbocycles. The largest absolute Gasteiger partial charge is 1.00 e. The highest BCUT2D eigenvalue weighted by Crippen LogP contribution is 2.29. The molecule has 1 aliphatic rings. The van der Waals surface area contributed by atoms with Crippen molar-refractivity contribution in [2.75, 3.05) is 13.6 Å². The van der Waals surface area contributed by atoms with Crippen molar-refractivity contribution in [1.82, 2.24) is 4.90 Å². The van der Waals surface area contributed by atoms with E-state index in [-0.39, 0.29) is 17.0 Å². The minimum absolute atomic E-state index is 0. The Balaban J connectivity index is 0.00000480. The molecule has 0 spiro atoms. The Bertz CT molecular complexity index is 533. The molecule has 2 rings (SSSR count). The summed E-state index contributed by atoms with van der Waals surface area (Å²) in [4.78, 5) is 2.51. The van der Waals surface area contributed by atoms with Crippen LogP contribution in [0.25, 0.3) is 0 Å². The zero-order valence-corrected chi connectivity index (χ0v) is 22.4. The van der Waals surface area contributed by atoms with Crippen LogP contribution in [0.2, 0.25) is 0 Å². The van der Waals surface area contributed by atoms with Gasteiger partial charge in [-0.25, -0.2) is 4.57 Å². The highest BCUT2D eigenvalue weighted by Gasteiger charge is 2.24. The van der Waals surface area contributed by atoms with Crippen molar-refractivity contribution in [3.05, 3.63) is 30.1 Å². The Morgan fingerprint density at radius 3 is 1.81 bits per heavy atom. The molecule has 2 heterocycles. The lowest BCUT2D eigenvalue weighted by molar-refractivity contribution is -0.697. The van der Waals surface area contributed by atoms with Gasteiger partial charge in [0, 0.05) is 24.1 Å². The zero-order chi connectivity index (χ0) is 21.3. The third-order valence-electron chi connectivity index (χ3n) is 7.06. The first-order chi connectivity index (χ1) is 14.8. The van der Waals surface area contributed by atoms with Crippen LogP contribution >= 0.6 is 0 Å². The van der Waals surface area contributed by atoms with Crippen molar-refractivity contribution in [3.63, 3.8) is 0 Å². The van der Waals surface area contributed by atoms with Gasteiger partial charge in [0.15, 0.2) is 12.4 Å². The number of halogens is 1. The second-order valence-corrected chi connectivity index (χ2v) is 9.82. The summed E-state index contributed by atoms with van der Waals surface area (Å²) in [6.07, 6.45) is 30.4. The van der Waals surface area contributed by atoms with E-state index in [1.165, 1.54) is 134 Å². The van der Waals surface area contributed by atoms with Crippen LogP contribution in [0, 0.1) is 0 Å². The first kappa shape index (κ1) is 28.6. The molecule has 0 bridgehead atoms. The fourth-order valence-electron chi connectivity index (χ4n) is 5.05. The van der Waals surface area contributed by atoms with Crippen molar-refractivity contribution >= 4 is 0 Å². The van der Waals surface area contributed by atoms with Gasteiger partial charge in [-0.15, -0.1) is 0 Å². The summed E-state index contributed by atoms with van der Waals surface area (Å²) in [6, 6.07) is 5.20. The van der Waals surface area contributed by atoms with E-state index < -0.39 is 0 Å². The van der Waals surface area contributed by atoms with E-state index in [1.807, 2.05) is 0 Å². The van der Waals surface area contributed by atoms with Crippen LogP contribution in [0.5, 0.6) is 0 Å². The smallest absolute Gasteiger partial charge is 0.173 e. The molecule has 180 valence electrons. The number of hydrogen-bond acceptors (Lipinski definition) is 1. The van der Waals surface area contributed by atoms with Crippen molar-refractivity contribution < 1.29 is 21.5 Å². The predicted octanol–water partition coefficient (Wildman–Crippen LogP) is 5.01. The van der Waals surface area contributed by atoms with Gasteiger partial charge in [0.2, 0.25) is 0 Å². The molecule has 1 saturated heterocycles. The monoisotopic (exact) mass is 494 g/mol. The molecule has 1 fully saturated rings. The van der Waals surface area contributed by atoms with Gasteiger partial charge in [0.05, 0.1) is 0 Å². The lowest BCUT2D eigenvalue weighted by Gasteiger charge is -2.18. The molecular weight excluding hydrogens is 444 g/mol. The van der Waals surface area contributed by atoms with Gasteiger partial charge in [0.25, 0.3) is 0 Å². The molecule has 1 aliphatic heterocycles. The van der Waals surface area contributed by atoms with E-state index >= 15 is 0 Å². The highest BCUT2D eigenvalue weighted by molar-refractivity contribution is 5.12. The fourth-order valence-corrected chi connectivity index (χ4v) is 5.05. The molecule has 0 aromatic carbocycles. The molecule has 31 heavy (non-hydrogen) atoms. The Morgan fingerprint density at radius 2 is 1.32 bits per heavy atom. The minimum atomic E-state index is 0. The quantitative estimate of drug-likeness (QED) is 0.205. The summed E-state index contributed by atoms with van der Waals surface area (Å²) in [5.41, 5.74) is 1.51. The number of unbranched alkanes of at least 4 members (excludes halogenated alkanes) is 15. The van der Waals surface area contributed by atoms with Crippen LogP contribution in [0.15, 0.2) is 24.5 Å². The topological polar surface area (TPSA) is 7.12 Å². The van der Waals surface area contributed by atoms with E-state index in [2.05, 4.69) is 48.0 Å². The second-order valence-electron chi connectivity index (χ2n) is 9.82. The van der Waals surface area contributed by atoms with Crippen LogP contribution in [-0.4, -0.2) is 18.5 Å². The molecule has 0 amide bonds. The molecule has 1 aromatic rings. The molecule has 0 radical (unpaired) electrons. The maximum atomic E-state index is 2.51. The fraction of sp³-hybridized carbons (Fsp3) is 0.821. The van der Waals surface area contributed by atoms with Gasteiger partial charge in [-0.3, -0.25) is 4.90 Å². The van der Waals surface area contributed by atoms with Crippen LogP contribution < -0.4 is 21.5 Å². The van der Waals surface area contributed by atoms with Crippen LogP contribution in [0.1, 0.15) is 134 Å². The maximum Gasteiger partial charge on any atom is 0.173 e.